The van der Waals surface area contributed by atoms with Gasteiger partial charge in [-0.25, -0.2) is 14.4 Å². The first kappa shape index (κ1) is 54.6. The van der Waals surface area contributed by atoms with Crippen molar-refractivity contribution in [3.8, 4) is 24.3 Å². The highest BCUT2D eigenvalue weighted by Gasteiger charge is 2.40. The van der Waals surface area contributed by atoms with Crippen LogP contribution in [0, 0.1) is 45.3 Å². The van der Waals surface area contributed by atoms with Crippen molar-refractivity contribution >= 4 is 29.8 Å². The quantitative estimate of drug-likeness (QED) is 0.140. The third-order valence-electron chi connectivity index (χ3n) is 11.3. The van der Waals surface area contributed by atoms with E-state index in [2.05, 4.69) is 30.6 Å². The first-order valence-electron chi connectivity index (χ1n) is 22.1. The standard InChI is InChI=1S/C14H19NO5.C12H15N3O4.C12H15N3.C11H13N3/c1-13(2)8-18-10(15(13)5)7-6-9-11(16)19-14(3,4)20-12(9)17;1-13-6-7-19-9(13)5-4-8-10(16)14(2)12(18)15(3)11(8)17;1-10(2)15-7-3-4-12(15)6-5-11(8-13)9-14;1-2-14-7-3-4-11(14)6-5-10(8-12)9-13/h6-7H,8H2,1-5H3;4-5H,6-7H2,1-3H3;5-6,10H,3-4,7H2,1-2H3;5-6H,2-4,7H2,1H3/b10-7+;9-5+;12-6-;11-6-. The first-order chi connectivity index (χ1) is 32.1. The summed E-state index contributed by atoms with van der Waals surface area (Å²) in [6, 6.07) is 7.26. The van der Waals surface area contributed by atoms with Gasteiger partial charge >= 0.3 is 18.0 Å². The summed E-state index contributed by atoms with van der Waals surface area (Å²) in [7, 11) is 6.42. The molecule has 0 radical (unpaired) electrons. The predicted octanol–water partition coefficient (Wildman–Crippen LogP) is 5.41. The van der Waals surface area contributed by atoms with E-state index in [9.17, 15) is 24.0 Å². The summed E-state index contributed by atoms with van der Waals surface area (Å²) >= 11 is 0. The van der Waals surface area contributed by atoms with Crippen molar-refractivity contribution in [1.82, 2.24) is 29.4 Å². The molecule has 6 saturated heterocycles. The third kappa shape index (κ3) is 14.6. The number of nitrogens with zero attached hydrogens (tertiary/aromatic N) is 10. The summed E-state index contributed by atoms with van der Waals surface area (Å²) in [5.41, 5.74) is 2.47. The Morgan fingerprint density at radius 1 is 0.662 bits per heavy atom. The fourth-order valence-electron chi connectivity index (χ4n) is 7.03. The maximum absolute atomic E-state index is 11.9. The lowest BCUT2D eigenvalue weighted by Gasteiger charge is -2.29. The molecule has 0 saturated carbocycles. The van der Waals surface area contributed by atoms with Gasteiger partial charge in [-0.1, -0.05) is 0 Å². The number of carbonyl (C=O) groups excluding carboxylic acids is 5. The molecule has 0 aromatic heterocycles. The lowest BCUT2D eigenvalue weighted by molar-refractivity contribution is -0.222. The van der Waals surface area contributed by atoms with Gasteiger partial charge in [0, 0.05) is 79.1 Å². The molecule has 6 fully saturated rings. The first-order valence-corrected chi connectivity index (χ1v) is 22.1. The number of amides is 4. The molecule has 4 amide bonds. The number of carbonyl (C=O) groups is 5. The zero-order valence-electron chi connectivity index (χ0n) is 40.9. The highest BCUT2D eigenvalue weighted by atomic mass is 16.7. The Labute approximate surface area is 399 Å². The molecule has 68 heavy (non-hydrogen) atoms. The molecule has 362 valence electrons. The summed E-state index contributed by atoms with van der Waals surface area (Å²) in [6.45, 7) is 18.5. The van der Waals surface area contributed by atoms with E-state index in [1.54, 1.807) is 24.3 Å². The van der Waals surface area contributed by atoms with Crippen molar-refractivity contribution in [2.45, 2.75) is 91.5 Å². The second-order valence-electron chi connectivity index (χ2n) is 17.3. The molecule has 6 aliphatic heterocycles. The van der Waals surface area contributed by atoms with Gasteiger partial charge in [0.15, 0.2) is 11.8 Å². The number of hydrogen-bond donors (Lipinski definition) is 0. The zero-order valence-corrected chi connectivity index (χ0v) is 40.9. The fourth-order valence-corrected chi connectivity index (χ4v) is 7.03. The topological polar surface area (TPSA) is 237 Å². The van der Waals surface area contributed by atoms with Crippen LogP contribution < -0.4 is 0 Å². The van der Waals surface area contributed by atoms with Gasteiger partial charge in [-0.2, -0.15) is 21.0 Å². The molecule has 0 aromatic rings. The van der Waals surface area contributed by atoms with E-state index in [4.69, 9.17) is 40.0 Å². The molecule has 0 aliphatic carbocycles. The number of barbiturate groups is 1. The Hall–Kier alpha value is -7.77. The second-order valence-corrected chi connectivity index (χ2v) is 17.3. The van der Waals surface area contributed by atoms with Crippen LogP contribution in [0.2, 0.25) is 0 Å². The van der Waals surface area contributed by atoms with Gasteiger partial charge in [-0.15, -0.1) is 0 Å². The van der Waals surface area contributed by atoms with E-state index in [1.807, 2.05) is 74.2 Å². The number of imide groups is 2. The Kier molecular flexibility index (Phi) is 19.8. The number of rotatable bonds is 6. The number of esters is 2. The van der Waals surface area contributed by atoms with Crippen LogP contribution in [0.1, 0.15) is 74.1 Å². The third-order valence-corrected chi connectivity index (χ3v) is 11.3. The summed E-state index contributed by atoms with van der Waals surface area (Å²) < 4.78 is 20.9. The molecule has 0 atom stereocenters. The normalized spacial score (nSPS) is 21.5. The van der Waals surface area contributed by atoms with Crippen LogP contribution in [0.15, 0.2) is 94.1 Å². The highest BCUT2D eigenvalue weighted by molar-refractivity contribution is 6.28. The van der Waals surface area contributed by atoms with Crippen LogP contribution in [0.25, 0.3) is 0 Å². The molecule has 0 aromatic carbocycles. The van der Waals surface area contributed by atoms with E-state index in [0.717, 1.165) is 55.2 Å². The van der Waals surface area contributed by atoms with Crippen LogP contribution in [0.4, 0.5) is 4.79 Å². The largest absolute Gasteiger partial charge is 0.477 e. The van der Waals surface area contributed by atoms with E-state index in [1.165, 1.54) is 57.9 Å². The summed E-state index contributed by atoms with van der Waals surface area (Å²) in [5.74, 6) is -2.63. The molecule has 19 heteroatoms. The Morgan fingerprint density at radius 2 is 1.16 bits per heavy atom. The number of hydrogen-bond acceptors (Lipinski definition) is 17. The number of likely N-dealkylation sites (tertiary alicyclic amines) is 2. The van der Waals surface area contributed by atoms with Crippen LogP contribution in [0.5, 0.6) is 0 Å². The fraction of sp³-hybridized carbons (Fsp3) is 0.490. The summed E-state index contributed by atoms with van der Waals surface area (Å²) in [6.07, 6.45) is 17.3. The van der Waals surface area contributed by atoms with Crippen LogP contribution in [0.3, 0.4) is 0 Å². The van der Waals surface area contributed by atoms with Gasteiger partial charge in [-0.3, -0.25) is 19.4 Å². The average molecular weight is 935 g/mol. The number of ether oxygens (including phenoxy) is 4. The SMILES string of the molecule is CC(C)N1CCC/C1=C/C=C(C#N)C#N.CCN1CCC/C1=C/C=C(C#N)C#N.CN1/C(=C\C=C2C(=O)OC(C)(C)OC2=O)OCC1(C)C.CN1C(=O)C(=C/C=C2/OCCN2C)C(=O)N(C)C1=O. The number of cyclic esters (lactones) is 2. The summed E-state index contributed by atoms with van der Waals surface area (Å²) in [4.78, 5) is 69.0. The molecular weight excluding hydrogens is 873 g/mol. The van der Waals surface area contributed by atoms with Crippen LogP contribution in [-0.2, 0) is 38.1 Å². The van der Waals surface area contributed by atoms with Crippen molar-refractivity contribution in [3.05, 3.63) is 94.1 Å². The molecule has 0 N–H and O–H groups in total. The number of urea groups is 1. The van der Waals surface area contributed by atoms with Crippen LogP contribution >= 0.6 is 0 Å². The van der Waals surface area contributed by atoms with E-state index >= 15 is 0 Å². The monoisotopic (exact) mass is 934 g/mol. The van der Waals surface area contributed by atoms with Gasteiger partial charge in [0.25, 0.3) is 17.6 Å². The Morgan fingerprint density at radius 3 is 1.63 bits per heavy atom. The molecule has 6 aliphatic rings. The molecule has 0 unspecified atom stereocenters. The van der Waals surface area contributed by atoms with Crippen molar-refractivity contribution in [1.29, 1.82) is 21.0 Å². The van der Waals surface area contributed by atoms with Crippen molar-refractivity contribution in [2.75, 3.05) is 67.6 Å². The molecule has 19 nitrogen and oxygen atoms in total. The molecular formula is C49H62N10O9. The molecule has 0 spiro atoms. The summed E-state index contributed by atoms with van der Waals surface area (Å²) in [5, 5.41) is 34.3. The highest BCUT2D eigenvalue weighted by Crippen LogP contribution is 2.29. The molecule has 6 rings (SSSR count). The van der Waals surface area contributed by atoms with Gasteiger partial charge in [0.2, 0.25) is 0 Å². The lowest BCUT2D eigenvalue weighted by atomic mass is 10.1. The van der Waals surface area contributed by atoms with Gasteiger partial charge < -0.3 is 38.5 Å². The van der Waals surface area contributed by atoms with E-state index < -0.39 is 35.6 Å². The van der Waals surface area contributed by atoms with E-state index in [0.29, 0.717) is 31.0 Å². The maximum Gasteiger partial charge on any atom is 0.348 e. The minimum absolute atomic E-state index is 0.0546. The molecule has 0 bridgehead atoms. The van der Waals surface area contributed by atoms with Gasteiger partial charge in [0.1, 0.15) is 59.8 Å². The Bertz CT molecular complexity index is 2310. The minimum Gasteiger partial charge on any atom is -0.477 e. The number of allylic oxidation sites excluding steroid dienone is 12. The zero-order chi connectivity index (χ0) is 50.9. The van der Waals surface area contributed by atoms with Crippen molar-refractivity contribution in [2.24, 2.45) is 0 Å². The van der Waals surface area contributed by atoms with Crippen molar-refractivity contribution in [3.63, 3.8) is 0 Å². The average Bonchev–Trinajstić information content (AvgIpc) is 4.11. The maximum atomic E-state index is 11.9. The predicted molar refractivity (Wildman–Crippen MR) is 248 cm³/mol. The number of nitriles is 4. The van der Waals surface area contributed by atoms with Crippen molar-refractivity contribution < 1.29 is 42.9 Å². The smallest absolute Gasteiger partial charge is 0.348 e. The van der Waals surface area contributed by atoms with Crippen LogP contribution in [-0.4, -0.2) is 144 Å². The lowest BCUT2D eigenvalue weighted by Crippen LogP contribution is -2.53. The Balaban J connectivity index is 0.000000243. The second kappa shape index (κ2) is 24.7. The van der Waals surface area contributed by atoms with E-state index in [-0.39, 0.29) is 27.8 Å². The number of likely N-dealkylation sites (N-methyl/N-ethyl adjacent to an activating group) is 4. The van der Waals surface area contributed by atoms with Gasteiger partial charge in [-0.05, 0) is 109 Å². The van der Waals surface area contributed by atoms with Gasteiger partial charge in [0.05, 0.1) is 12.1 Å². The molecule has 6 heterocycles. The minimum atomic E-state index is -1.22.